The molecule has 6 nitrogen and oxygen atoms in total. The molecule has 3 rings (SSSR count). The number of sulfonamides is 1. The fourth-order valence-corrected chi connectivity index (χ4v) is 3.67. The molecule has 0 bridgehead atoms. The molecular weight excluding hydrogens is 400 g/mol. The maximum absolute atomic E-state index is 12.4. The quantitative estimate of drug-likeness (QED) is 0.574. The van der Waals surface area contributed by atoms with E-state index in [0.29, 0.717) is 16.4 Å². The van der Waals surface area contributed by atoms with Crippen LogP contribution < -0.4 is 10.0 Å². The van der Waals surface area contributed by atoms with Gasteiger partial charge in [-0.2, -0.15) is 0 Å². The average Bonchev–Trinajstić information content (AvgIpc) is 2.65. The molecule has 0 fully saturated rings. The van der Waals surface area contributed by atoms with Crippen LogP contribution in [0, 0.1) is 6.92 Å². The summed E-state index contributed by atoms with van der Waals surface area (Å²) in [5.74, 6) is -0.725. The van der Waals surface area contributed by atoms with Crippen LogP contribution in [0.1, 0.15) is 15.9 Å². The fraction of sp³-hybridized carbons (Fsp3) is 0.0500. The molecule has 0 atom stereocenters. The van der Waals surface area contributed by atoms with Gasteiger partial charge in [0, 0.05) is 16.4 Å². The number of rotatable bonds is 5. The number of benzene rings is 3. The van der Waals surface area contributed by atoms with Crippen LogP contribution >= 0.6 is 11.6 Å². The summed E-state index contributed by atoms with van der Waals surface area (Å²) < 4.78 is 27.3. The van der Waals surface area contributed by atoms with Crippen molar-refractivity contribution in [3.8, 4) is 5.75 Å². The number of hydrogen-bond donors (Lipinski definition) is 3. The third-order valence-electron chi connectivity index (χ3n) is 3.93. The second kappa shape index (κ2) is 7.92. The summed E-state index contributed by atoms with van der Waals surface area (Å²) >= 11 is 5.85. The molecule has 3 aromatic carbocycles. The Morgan fingerprint density at radius 2 is 1.54 bits per heavy atom. The van der Waals surface area contributed by atoms with Gasteiger partial charge in [0.25, 0.3) is 15.9 Å². The minimum Gasteiger partial charge on any atom is -0.507 e. The van der Waals surface area contributed by atoms with Gasteiger partial charge in [0.05, 0.1) is 10.5 Å². The van der Waals surface area contributed by atoms with Gasteiger partial charge in [-0.1, -0.05) is 29.3 Å². The molecule has 0 saturated heterocycles. The van der Waals surface area contributed by atoms with Gasteiger partial charge in [-0.3, -0.25) is 9.52 Å². The van der Waals surface area contributed by atoms with Crippen LogP contribution in [0.2, 0.25) is 5.02 Å². The van der Waals surface area contributed by atoms with Gasteiger partial charge in [-0.15, -0.1) is 0 Å². The van der Waals surface area contributed by atoms with Gasteiger partial charge in [0.1, 0.15) is 5.75 Å². The van der Waals surface area contributed by atoms with E-state index in [2.05, 4.69) is 10.0 Å². The largest absolute Gasteiger partial charge is 0.507 e. The molecular formula is C20H17ClN2O4S. The third-order valence-corrected chi connectivity index (χ3v) is 5.56. The highest BCUT2D eigenvalue weighted by Crippen LogP contribution is 2.23. The molecule has 28 heavy (non-hydrogen) atoms. The number of amides is 1. The van der Waals surface area contributed by atoms with Crippen LogP contribution in [-0.2, 0) is 10.0 Å². The van der Waals surface area contributed by atoms with Crippen molar-refractivity contribution in [2.45, 2.75) is 11.8 Å². The van der Waals surface area contributed by atoms with Crippen molar-refractivity contribution >= 4 is 38.9 Å². The first-order valence-corrected chi connectivity index (χ1v) is 10.1. The highest BCUT2D eigenvalue weighted by molar-refractivity contribution is 7.92. The number of halogens is 1. The highest BCUT2D eigenvalue weighted by Gasteiger charge is 2.15. The molecule has 3 N–H and O–H groups in total. The number of hydrogen-bond acceptors (Lipinski definition) is 4. The molecule has 0 saturated carbocycles. The van der Waals surface area contributed by atoms with Gasteiger partial charge in [-0.05, 0) is 61.5 Å². The molecule has 0 aliphatic rings. The number of phenolic OH excluding ortho intramolecular Hbond substituents is 1. The zero-order chi connectivity index (χ0) is 20.3. The maximum atomic E-state index is 12.4. The van der Waals surface area contributed by atoms with E-state index in [1.165, 1.54) is 42.5 Å². The van der Waals surface area contributed by atoms with Crippen molar-refractivity contribution in [1.82, 2.24) is 0 Å². The van der Waals surface area contributed by atoms with Crippen molar-refractivity contribution < 1.29 is 18.3 Å². The smallest absolute Gasteiger partial charge is 0.261 e. The lowest BCUT2D eigenvalue weighted by Gasteiger charge is -2.10. The van der Waals surface area contributed by atoms with Crippen molar-refractivity contribution in [2.24, 2.45) is 0 Å². The van der Waals surface area contributed by atoms with Gasteiger partial charge in [0.2, 0.25) is 0 Å². The summed E-state index contributed by atoms with van der Waals surface area (Å²) in [7, 11) is -3.70. The second-order valence-corrected chi connectivity index (χ2v) is 8.23. The first kappa shape index (κ1) is 19.7. The summed E-state index contributed by atoms with van der Waals surface area (Å²) in [6, 6.07) is 16.8. The molecule has 8 heteroatoms. The topological polar surface area (TPSA) is 95.5 Å². The Kier molecular flexibility index (Phi) is 5.58. The summed E-state index contributed by atoms with van der Waals surface area (Å²) in [5.41, 5.74) is 1.79. The molecule has 0 aliphatic heterocycles. The first-order valence-electron chi connectivity index (χ1n) is 8.24. The first-order chi connectivity index (χ1) is 13.2. The molecule has 0 radical (unpaired) electrons. The van der Waals surface area contributed by atoms with E-state index in [4.69, 9.17) is 11.6 Å². The van der Waals surface area contributed by atoms with Crippen LogP contribution in [0.25, 0.3) is 0 Å². The van der Waals surface area contributed by atoms with Gasteiger partial charge in [-0.25, -0.2) is 8.42 Å². The number of anilines is 2. The standard InChI is InChI=1S/C20H17ClN2O4S/c1-13-2-9-17(10-3-13)28(26,27)23-16-7-5-15(6-8-16)22-20(25)18-12-14(21)4-11-19(18)24/h2-12,23-24H,1H3,(H,22,25). The molecule has 0 heterocycles. The van der Waals surface area contributed by atoms with E-state index in [1.807, 2.05) is 6.92 Å². The Hall–Kier alpha value is -3.03. The molecule has 0 spiro atoms. The lowest BCUT2D eigenvalue weighted by atomic mass is 10.2. The van der Waals surface area contributed by atoms with Crippen LogP contribution in [0.15, 0.2) is 71.6 Å². The van der Waals surface area contributed by atoms with Crippen molar-refractivity contribution in [3.63, 3.8) is 0 Å². The minimum absolute atomic E-state index is 0.0386. The van der Waals surface area contributed by atoms with Gasteiger partial charge < -0.3 is 10.4 Å². The molecule has 0 aromatic heterocycles. The summed E-state index contributed by atoms with van der Waals surface area (Å²) in [6.07, 6.45) is 0. The second-order valence-electron chi connectivity index (χ2n) is 6.11. The predicted molar refractivity (Wildman–Crippen MR) is 109 cm³/mol. The lowest BCUT2D eigenvalue weighted by Crippen LogP contribution is -2.14. The van der Waals surface area contributed by atoms with E-state index in [9.17, 15) is 18.3 Å². The molecule has 0 unspecified atom stereocenters. The normalized spacial score (nSPS) is 11.1. The van der Waals surface area contributed by atoms with Crippen LogP contribution in [-0.4, -0.2) is 19.4 Å². The van der Waals surface area contributed by atoms with Crippen molar-refractivity contribution in [1.29, 1.82) is 0 Å². The van der Waals surface area contributed by atoms with Crippen molar-refractivity contribution in [2.75, 3.05) is 10.0 Å². The van der Waals surface area contributed by atoms with E-state index in [1.54, 1.807) is 24.3 Å². The Labute approximate surface area is 167 Å². The SMILES string of the molecule is Cc1ccc(S(=O)(=O)Nc2ccc(NC(=O)c3cc(Cl)ccc3O)cc2)cc1. The van der Waals surface area contributed by atoms with E-state index < -0.39 is 15.9 Å². The van der Waals surface area contributed by atoms with E-state index >= 15 is 0 Å². The lowest BCUT2D eigenvalue weighted by molar-refractivity contribution is 0.102. The van der Waals surface area contributed by atoms with E-state index in [-0.39, 0.29) is 16.2 Å². The molecule has 144 valence electrons. The molecule has 1 amide bonds. The zero-order valence-corrected chi connectivity index (χ0v) is 16.4. The minimum atomic E-state index is -3.70. The zero-order valence-electron chi connectivity index (χ0n) is 14.8. The van der Waals surface area contributed by atoms with E-state index in [0.717, 1.165) is 5.56 Å². The molecule has 3 aromatic rings. The molecule has 0 aliphatic carbocycles. The number of phenols is 1. The summed E-state index contributed by atoms with van der Waals surface area (Å²) in [5, 5.41) is 12.7. The summed E-state index contributed by atoms with van der Waals surface area (Å²) in [6.45, 7) is 1.87. The van der Waals surface area contributed by atoms with Crippen LogP contribution in [0.4, 0.5) is 11.4 Å². The van der Waals surface area contributed by atoms with Crippen LogP contribution in [0.5, 0.6) is 5.75 Å². The number of aromatic hydroxyl groups is 1. The predicted octanol–water partition coefficient (Wildman–Crippen LogP) is 4.41. The maximum Gasteiger partial charge on any atom is 0.261 e. The summed E-state index contributed by atoms with van der Waals surface area (Å²) in [4.78, 5) is 12.4. The van der Waals surface area contributed by atoms with Crippen LogP contribution in [0.3, 0.4) is 0 Å². The van der Waals surface area contributed by atoms with Gasteiger partial charge in [0.15, 0.2) is 0 Å². The average molecular weight is 417 g/mol. The van der Waals surface area contributed by atoms with Gasteiger partial charge >= 0.3 is 0 Å². The Balaban J connectivity index is 1.72. The Morgan fingerprint density at radius 3 is 2.18 bits per heavy atom. The Bertz CT molecular complexity index is 1110. The van der Waals surface area contributed by atoms with Crippen molar-refractivity contribution in [3.05, 3.63) is 82.9 Å². The Morgan fingerprint density at radius 1 is 0.929 bits per heavy atom. The fourth-order valence-electron chi connectivity index (χ4n) is 2.44. The number of carbonyl (C=O) groups is 1. The number of aryl methyl sites for hydroxylation is 1. The monoisotopic (exact) mass is 416 g/mol. The number of carbonyl (C=O) groups excluding carboxylic acids is 1. The third kappa shape index (κ3) is 4.62. The number of nitrogens with one attached hydrogen (secondary N) is 2. The highest BCUT2D eigenvalue weighted by atomic mass is 35.5.